The maximum atomic E-state index is 13.0. The molecule has 0 aromatic heterocycles. The van der Waals surface area contributed by atoms with Crippen LogP contribution < -0.4 is 5.32 Å². The maximum Gasteiger partial charge on any atom is 0.404 e. The van der Waals surface area contributed by atoms with Crippen molar-refractivity contribution in [2.24, 2.45) is 5.41 Å². The second-order valence-corrected chi connectivity index (χ2v) is 3.98. The van der Waals surface area contributed by atoms with Crippen LogP contribution in [0.1, 0.15) is 20.3 Å². The van der Waals surface area contributed by atoms with E-state index in [-0.39, 0.29) is 19.5 Å². The van der Waals surface area contributed by atoms with Gasteiger partial charge in [0.15, 0.2) is 5.41 Å². The molecule has 6 heteroatoms. The molecule has 94 valence electrons. The standard InChI is InChI=1S/C10H17F3N2O/c1-3-15(4-2)8(16)9(10(11,12)13)5-6-14-7-9/h14H,3-7H2,1-2H3. The summed E-state index contributed by atoms with van der Waals surface area (Å²) < 4.78 is 39.0. The number of carbonyl (C=O) groups is 1. The maximum absolute atomic E-state index is 13.0. The zero-order valence-corrected chi connectivity index (χ0v) is 9.52. The minimum absolute atomic E-state index is 0.161. The number of carbonyl (C=O) groups excluding carboxylic acids is 1. The van der Waals surface area contributed by atoms with E-state index in [4.69, 9.17) is 0 Å². The Morgan fingerprint density at radius 3 is 2.25 bits per heavy atom. The van der Waals surface area contributed by atoms with Gasteiger partial charge in [0, 0.05) is 19.6 Å². The summed E-state index contributed by atoms with van der Waals surface area (Å²) in [6.07, 6.45) is -4.64. The molecule has 1 heterocycles. The van der Waals surface area contributed by atoms with Gasteiger partial charge in [0.1, 0.15) is 0 Å². The molecular formula is C10H17F3N2O. The molecule has 16 heavy (non-hydrogen) atoms. The van der Waals surface area contributed by atoms with Crippen LogP contribution in [0.15, 0.2) is 0 Å². The van der Waals surface area contributed by atoms with Gasteiger partial charge in [-0.1, -0.05) is 0 Å². The quantitative estimate of drug-likeness (QED) is 0.806. The summed E-state index contributed by atoms with van der Waals surface area (Å²) in [5.41, 5.74) is -2.21. The highest BCUT2D eigenvalue weighted by Crippen LogP contribution is 2.44. The molecule has 1 saturated heterocycles. The number of halogens is 3. The highest BCUT2D eigenvalue weighted by Gasteiger charge is 2.62. The summed E-state index contributed by atoms with van der Waals surface area (Å²) in [7, 11) is 0. The highest BCUT2D eigenvalue weighted by molar-refractivity contribution is 5.84. The fourth-order valence-corrected chi connectivity index (χ4v) is 2.05. The van der Waals surface area contributed by atoms with Crippen LogP contribution in [0, 0.1) is 5.41 Å². The van der Waals surface area contributed by atoms with Crippen LogP contribution in [-0.4, -0.2) is 43.2 Å². The second-order valence-electron chi connectivity index (χ2n) is 3.98. The predicted molar refractivity (Wildman–Crippen MR) is 53.9 cm³/mol. The van der Waals surface area contributed by atoms with Gasteiger partial charge in [0.25, 0.3) is 0 Å². The summed E-state index contributed by atoms with van der Waals surface area (Å²) in [5.74, 6) is -0.796. The Bertz CT molecular complexity index is 255. The number of hydrogen-bond donors (Lipinski definition) is 1. The third-order valence-electron chi connectivity index (χ3n) is 3.16. The van der Waals surface area contributed by atoms with Crippen LogP contribution in [0.5, 0.6) is 0 Å². The van der Waals surface area contributed by atoms with Crippen LogP contribution in [0.25, 0.3) is 0 Å². The van der Waals surface area contributed by atoms with Crippen LogP contribution in [0.2, 0.25) is 0 Å². The first-order valence-electron chi connectivity index (χ1n) is 5.46. The van der Waals surface area contributed by atoms with E-state index in [1.54, 1.807) is 13.8 Å². The van der Waals surface area contributed by atoms with Gasteiger partial charge in [-0.15, -0.1) is 0 Å². The van der Waals surface area contributed by atoms with E-state index >= 15 is 0 Å². The van der Waals surface area contributed by atoms with E-state index in [1.807, 2.05) is 0 Å². The van der Waals surface area contributed by atoms with E-state index < -0.39 is 17.5 Å². The SMILES string of the molecule is CCN(CC)C(=O)C1(C(F)(F)F)CCNC1. The average molecular weight is 238 g/mol. The molecule has 0 saturated carbocycles. The molecule has 0 spiro atoms. The van der Waals surface area contributed by atoms with E-state index in [9.17, 15) is 18.0 Å². The van der Waals surface area contributed by atoms with Crippen molar-refractivity contribution >= 4 is 5.91 Å². The van der Waals surface area contributed by atoms with Crippen LogP contribution >= 0.6 is 0 Å². The van der Waals surface area contributed by atoms with E-state index in [0.717, 1.165) is 0 Å². The molecule has 3 nitrogen and oxygen atoms in total. The monoisotopic (exact) mass is 238 g/mol. The topological polar surface area (TPSA) is 32.3 Å². The lowest BCUT2D eigenvalue weighted by Crippen LogP contribution is -2.53. The highest BCUT2D eigenvalue weighted by atomic mass is 19.4. The first kappa shape index (κ1) is 13.3. The van der Waals surface area contributed by atoms with Crippen molar-refractivity contribution in [3.63, 3.8) is 0 Å². The molecule has 1 aliphatic rings. The van der Waals surface area contributed by atoms with Gasteiger partial charge >= 0.3 is 6.18 Å². The first-order valence-corrected chi connectivity index (χ1v) is 5.46. The number of nitrogens with one attached hydrogen (secondary N) is 1. The smallest absolute Gasteiger partial charge is 0.342 e. The second kappa shape index (κ2) is 4.61. The molecule has 1 fully saturated rings. The molecule has 0 aromatic rings. The Hall–Kier alpha value is -0.780. The molecule has 1 aliphatic heterocycles. The lowest BCUT2D eigenvalue weighted by molar-refractivity contribution is -0.221. The Morgan fingerprint density at radius 1 is 1.38 bits per heavy atom. The molecule has 1 unspecified atom stereocenters. The van der Waals surface area contributed by atoms with Gasteiger partial charge < -0.3 is 10.2 Å². The van der Waals surface area contributed by atoms with Crippen molar-refractivity contribution < 1.29 is 18.0 Å². The Kier molecular flexibility index (Phi) is 3.83. The normalized spacial score (nSPS) is 25.8. The summed E-state index contributed by atoms with van der Waals surface area (Å²) in [5, 5.41) is 2.64. The lowest BCUT2D eigenvalue weighted by Gasteiger charge is -2.34. The summed E-state index contributed by atoms with van der Waals surface area (Å²) >= 11 is 0. The van der Waals surface area contributed by atoms with Crippen molar-refractivity contribution in [2.45, 2.75) is 26.4 Å². The van der Waals surface area contributed by atoms with Crippen molar-refractivity contribution in [1.82, 2.24) is 10.2 Å². The largest absolute Gasteiger partial charge is 0.404 e. The van der Waals surface area contributed by atoms with E-state index in [1.165, 1.54) is 4.90 Å². The zero-order chi connectivity index (χ0) is 12.4. The molecule has 1 amide bonds. The molecular weight excluding hydrogens is 221 g/mol. The first-order chi connectivity index (χ1) is 7.39. The van der Waals surface area contributed by atoms with Gasteiger partial charge in [0.2, 0.25) is 5.91 Å². The molecule has 1 N–H and O–H groups in total. The average Bonchev–Trinajstić information content (AvgIpc) is 2.68. The predicted octanol–water partition coefficient (Wildman–Crippen LogP) is 1.40. The van der Waals surface area contributed by atoms with Crippen LogP contribution in [0.3, 0.4) is 0 Å². The van der Waals surface area contributed by atoms with E-state index in [0.29, 0.717) is 13.1 Å². The minimum atomic E-state index is -4.48. The fourth-order valence-electron chi connectivity index (χ4n) is 2.05. The molecule has 0 radical (unpaired) electrons. The third-order valence-corrected chi connectivity index (χ3v) is 3.16. The molecule has 0 aromatic carbocycles. The molecule has 1 atom stereocenters. The number of alkyl halides is 3. The Labute approximate surface area is 93.0 Å². The number of hydrogen-bond acceptors (Lipinski definition) is 2. The van der Waals surface area contributed by atoms with Crippen molar-refractivity contribution in [2.75, 3.05) is 26.2 Å². The van der Waals surface area contributed by atoms with Gasteiger partial charge in [-0.25, -0.2) is 0 Å². The summed E-state index contributed by atoms with van der Waals surface area (Å²) in [4.78, 5) is 13.2. The van der Waals surface area contributed by atoms with Gasteiger partial charge in [0.05, 0.1) is 0 Å². The number of amides is 1. The number of rotatable bonds is 3. The van der Waals surface area contributed by atoms with Crippen LogP contribution in [-0.2, 0) is 4.79 Å². The van der Waals surface area contributed by atoms with Gasteiger partial charge in [-0.2, -0.15) is 13.2 Å². The van der Waals surface area contributed by atoms with Gasteiger partial charge in [-0.3, -0.25) is 4.79 Å². The molecule has 1 rings (SSSR count). The third kappa shape index (κ3) is 2.03. The van der Waals surface area contributed by atoms with Crippen molar-refractivity contribution in [1.29, 1.82) is 0 Å². The lowest BCUT2D eigenvalue weighted by atomic mass is 9.84. The van der Waals surface area contributed by atoms with Crippen molar-refractivity contribution in [3.8, 4) is 0 Å². The van der Waals surface area contributed by atoms with Crippen LogP contribution in [0.4, 0.5) is 13.2 Å². The fraction of sp³-hybridized carbons (Fsp3) is 0.900. The Morgan fingerprint density at radius 2 is 1.94 bits per heavy atom. The summed E-state index contributed by atoms with van der Waals surface area (Å²) in [6.45, 7) is 3.94. The van der Waals surface area contributed by atoms with E-state index in [2.05, 4.69) is 5.32 Å². The molecule has 0 bridgehead atoms. The van der Waals surface area contributed by atoms with Crippen molar-refractivity contribution in [3.05, 3.63) is 0 Å². The Balaban J connectivity index is 2.98. The number of nitrogens with zero attached hydrogens (tertiary/aromatic N) is 1. The zero-order valence-electron chi connectivity index (χ0n) is 9.52. The minimum Gasteiger partial charge on any atom is -0.342 e. The summed E-state index contributed by atoms with van der Waals surface area (Å²) in [6, 6.07) is 0. The van der Waals surface area contributed by atoms with Gasteiger partial charge in [-0.05, 0) is 26.8 Å². The molecule has 0 aliphatic carbocycles.